The number of carbonyl (C=O) groups excluding carboxylic acids is 1. The molecule has 0 saturated carbocycles. The summed E-state index contributed by atoms with van der Waals surface area (Å²) < 4.78 is 11.0. The third-order valence-electron chi connectivity index (χ3n) is 3.42. The summed E-state index contributed by atoms with van der Waals surface area (Å²) in [5.74, 6) is 0.697. The van der Waals surface area contributed by atoms with Gasteiger partial charge in [-0.05, 0) is 33.1 Å². The van der Waals surface area contributed by atoms with Crippen LogP contribution in [0.1, 0.15) is 41.0 Å². The van der Waals surface area contributed by atoms with Gasteiger partial charge in [0.2, 0.25) is 0 Å². The topological polar surface area (TPSA) is 42.0 Å². The lowest BCUT2D eigenvalue weighted by Crippen LogP contribution is -2.50. The molecular weight excluding hydrogens is 268 g/mol. The van der Waals surface area contributed by atoms with E-state index >= 15 is 0 Å². The van der Waals surface area contributed by atoms with Crippen molar-refractivity contribution in [2.75, 3.05) is 45.9 Å². The van der Waals surface area contributed by atoms with E-state index in [1.165, 1.54) is 0 Å². The Hall–Kier alpha value is -0.810. The van der Waals surface area contributed by atoms with Gasteiger partial charge >= 0.3 is 6.09 Å². The Kier molecular flexibility index (Phi) is 7.46. The first kappa shape index (κ1) is 18.2. The van der Waals surface area contributed by atoms with Crippen LogP contribution >= 0.6 is 0 Å². The van der Waals surface area contributed by atoms with Crippen LogP contribution < -0.4 is 0 Å². The van der Waals surface area contributed by atoms with Crippen LogP contribution in [0.4, 0.5) is 4.79 Å². The summed E-state index contributed by atoms with van der Waals surface area (Å²) in [5.41, 5.74) is -0.418. The first-order chi connectivity index (χ1) is 9.78. The van der Waals surface area contributed by atoms with Gasteiger partial charge in [-0.25, -0.2) is 4.79 Å². The van der Waals surface area contributed by atoms with Gasteiger partial charge in [0.05, 0.1) is 6.61 Å². The summed E-state index contributed by atoms with van der Waals surface area (Å²) in [7, 11) is 0. The van der Waals surface area contributed by atoms with Gasteiger partial charge in [-0.1, -0.05) is 13.8 Å². The van der Waals surface area contributed by atoms with Crippen molar-refractivity contribution in [2.45, 2.75) is 46.6 Å². The highest BCUT2D eigenvalue weighted by molar-refractivity contribution is 5.68. The molecule has 0 aromatic carbocycles. The van der Waals surface area contributed by atoms with E-state index in [4.69, 9.17) is 9.47 Å². The average molecular weight is 300 g/mol. The number of nitrogens with zero attached hydrogens (tertiary/aromatic N) is 2. The van der Waals surface area contributed by atoms with Gasteiger partial charge < -0.3 is 14.4 Å². The number of hydrogen-bond acceptors (Lipinski definition) is 4. The molecule has 1 amide bonds. The van der Waals surface area contributed by atoms with E-state index in [1.54, 1.807) is 4.90 Å². The zero-order valence-electron chi connectivity index (χ0n) is 14.4. The number of carbonyl (C=O) groups is 1. The lowest BCUT2D eigenvalue weighted by molar-refractivity contribution is 0.0114. The molecule has 1 aliphatic heterocycles. The Labute approximate surface area is 129 Å². The SMILES string of the molecule is CC(C)CCOCCN1CCN(C(=O)OC(C)(C)C)CC1. The lowest BCUT2D eigenvalue weighted by atomic mass is 10.1. The van der Waals surface area contributed by atoms with Crippen LogP contribution in [-0.2, 0) is 9.47 Å². The van der Waals surface area contributed by atoms with Crippen molar-refractivity contribution in [2.24, 2.45) is 5.92 Å². The fourth-order valence-electron chi connectivity index (χ4n) is 2.10. The monoisotopic (exact) mass is 300 g/mol. The number of hydrogen-bond donors (Lipinski definition) is 0. The first-order valence-electron chi connectivity index (χ1n) is 8.06. The summed E-state index contributed by atoms with van der Waals surface area (Å²) >= 11 is 0. The maximum absolute atomic E-state index is 11.9. The van der Waals surface area contributed by atoms with Gasteiger partial charge in [-0.3, -0.25) is 4.90 Å². The van der Waals surface area contributed by atoms with Crippen LogP contribution in [0.5, 0.6) is 0 Å². The molecule has 1 aliphatic rings. The quantitative estimate of drug-likeness (QED) is 0.707. The van der Waals surface area contributed by atoms with Gasteiger partial charge in [0, 0.05) is 39.3 Å². The van der Waals surface area contributed by atoms with Gasteiger partial charge in [-0.2, -0.15) is 0 Å². The zero-order valence-corrected chi connectivity index (χ0v) is 14.4. The minimum atomic E-state index is -0.418. The standard InChI is InChI=1S/C16H32N2O3/c1-14(2)6-12-20-13-11-17-7-9-18(10-8-17)15(19)21-16(3,4)5/h14H,6-13H2,1-5H3. The third-order valence-corrected chi connectivity index (χ3v) is 3.42. The fourth-order valence-corrected chi connectivity index (χ4v) is 2.10. The van der Waals surface area contributed by atoms with Crippen molar-refractivity contribution >= 4 is 6.09 Å². The smallest absolute Gasteiger partial charge is 0.410 e. The van der Waals surface area contributed by atoms with Crippen LogP contribution in [0.2, 0.25) is 0 Å². The molecule has 1 rings (SSSR count). The molecule has 0 unspecified atom stereocenters. The first-order valence-corrected chi connectivity index (χ1v) is 8.06. The van der Waals surface area contributed by atoms with Gasteiger partial charge in [-0.15, -0.1) is 0 Å². The Balaban J connectivity index is 2.13. The molecule has 0 bridgehead atoms. The second-order valence-electron chi connectivity index (χ2n) is 7.10. The minimum absolute atomic E-state index is 0.199. The predicted octanol–water partition coefficient (Wildman–Crippen LogP) is 2.60. The Morgan fingerprint density at radius 1 is 1.10 bits per heavy atom. The van der Waals surface area contributed by atoms with Crippen molar-refractivity contribution in [3.05, 3.63) is 0 Å². The summed E-state index contributed by atoms with van der Waals surface area (Å²) in [6.07, 6.45) is 0.919. The van der Waals surface area contributed by atoms with Crippen molar-refractivity contribution < 1.29 is 14.3 Å². The summed E-state index contributed by atoms with van der Waals surface area (Å²) in [5, 5.41) is 0. The van der Waals surface area contributed by atoms with Crippen LogP contribution in [-0.4, -0.2) is 67.4 Å². The van der Waals surface area contributed by atoms with Crippen molar-refractivity contribution in [3.63, 3.8) is 0 Å². The highest BCUT2D eigenvalue weighted by Gasteiger charge is 2.25. The van der Waals surface area contributed by atoms with E-state index in [1.807, 2.05) is 20.8 Å². The molecule has 1 fully saturated rings. The van der Waals surface area contributed by atoms with Crippen LogP contribution in [0.15, 0.2) is 0 Å². The molecule has 0 aromatic rings. The maximum atomic E-state index is 11.9. The Bertz CT molecular complexity index is 305. The molecule has 0 spiro atoms. The second kappa shape index (κ2) is 8.59. The molecule has 0 radical (unpaired) electrons. The van der Waals surface area contributed by atoms with Crippen molar-refractivity contribution in [3.8, 4) is 0 Å². The zero-order chi connectivity index (χ0) is 15.9. The average Bonchev–Trinajstić information content (AvgIpc) is 2.36. The van der Waals surface area contributed by atoms with E-state index in [-0.39, 0.29) is 6.09 Å². The molecule has 1 saturated heterocycles. The van der Waals surface area contributed by atoms with Gasteiger partial charge in [0.1, 0.15) is 5.60 Å². The molecule has 0 aliphatic carbocycles. The number of piperazine rings is 1. The van der Waals surface area contributed by atoms with E-state index in [9.17, 15) is 4.79 Å². The largest absolute Gasteiger partial charge is 0.444 e. The molecule has 0 N–H and O–H groups in total. The van der Waals surface area contributed by atoms with Crippen LogP contribution in [0, 0.1) is 5.92 Å². The molecule has 124 valence electrons. The van der Waals surface area contributed by atoms with Crippen LogP contribution in [0.3, 0.4) is 0 Å². The fraction of sp³-hybridized carbons (Fsp3) is 0.938. The van der Waals surface area contributed by atoms with E-state index in [2.05, 4.69) is 18.7 Å². The van der Waals surface area contributed by atoms with E-state index in [0.29, 0.717) is 5.92 Å². The molecule has 0 atom stereocenters. The Morgan fingerprint density at radius 2 is 1.71 bits per heavy atom. The maximum Gasteiger partial charge on any atom is 0.410 e. The number of amides is 1. The van der Waals surface area contributed by atoms with E-state index < -0.39 is 5.60 Å². The van der Waals surface area contributed by atoms with Crippen LogP contribution in [0.25, 0.3) is 0 Å². The molecule has 1 heterocycles. The summed E-state index contributed by atoms with van der Waals surface area (Å²) in [4.78, 5) is 16.1. The summed E-state index contributed by atoms with van der Waals surface area (Å²) in [6.45, 7) is 15.9. The summed E-state index contributed by atoms with van der Waals surface area (Å²) in [6, 6.07) is 0. The highest BCUT2D eigenvalue weighted by Crippen LogP contribution is 2.11. The molecular formula is C16H32N2O3. The normalized spacial score (nSPS) is 17.3. The van der Waals surface area contributed by atoms with E-state index in [0.717, 1.165) is 52.4 Å². The predicted molar refractivity (Wildman–Crippen MR) is 84.5 cm³/mol. The van der Waals surface area contributed by atoms with Crippen molar-refractivity contribution in [1.29, 1.82) is 0 Å². The highest BCUT2D eigenvalue weighted by atomic mass is 16.6. The molecule has 5 nitrogen and oxygen atoms in total. The van der Waals surface area contributed by atoms with Gasteiger partial charge in [0.25, 0.3) is 0 Å². The number of ether oxygens (including phenoxy) is 2. The number of rotatable bonds is 6. The Morgan fingerprint density at radius 3 is 2.24 bits per heavy atom. The third kappa shape index (κ3) is 8.27. The molecule has 21 heavy (non-hydrogen) atoms. The minimum Gasteiger partial charge on any atom is -0.444 e. The van der Waals surface area contributed by atoms with Gasteiger partial charge in [0.15, 0.2) is 0 Å². The lowest BCUT2D eigenvalue weighted by Gasteiger charge is -2.35. The molecule has 0 aromatic heterocycles. The van der Waals surface area contributed by atoms with Crippen molar-refractivity contribution in [1.82, 2.24) is 9.80 Å². The molecule has 5 heteroatoms. The second-order valence-corrected chi connectivity index (χ2v) is 7.10.